The lowest BCUT2D eigenvalue weighted by Crippen LogP contribution is -2.28. The van der Waals surface area contributed by atoms with E-state index in [1.807, 2.05) is 19.1 Å². The molecule has 0 radical (unpaired) electrons. The van der Waals surface area contributed by atoms with Crippen molar-refractivity contribution in [3.05, 3.63) is 58.4 Å². The number of benzene rings is 1. The Morgan fingerprint density at radius 1 is 1.20 bits per heavy atom. The van der Waals surface area contributed by atoms with Crippen LogP contribution < -0.4 is 10.1 Å². The summed E-state index contributed by atoms with van der Waals surface area (Å²) in [4.78, 5) is 15.9. The minimum Gasteiger partial charge on any atom is -0.496 e. The van der Waals surface area contributed by atoms with Gasteiger partial charge in [-0.25, -0.2) is 4.98 Å². The smallest absolute Gasteiger partial charge is 0.433 e. The Morgan fingerprint density at radius 3 is 2.44 bits per heavy atom. The van der Waals surface area contributed by atoms with Gasteiger partial charge >= 0.3 is 6.18 Å². The molecule has 2 aromatic rings. The van der Waals surface area contributed by atoms with E-state index in [1.165, 1.54) is 14.0 Å². The summed E-state index contributed by atoms with van der Waals surface area (Å²) in [5.41, 5.74) is 0.898. The predicted molar refractivity (Wildman–Crippen MR) is 87.6 cm³/mol. The monoisotopic (exact) mass is 352 g/mol. The Hall–Kier alpha value is -2.57. The van der Waals surface area contributed by atoms with E-state index in [1.54, 1.807) is 13.0 Å². The zero-order chi connectivity index (χ0) is 18.8. The highest BCUT2D eigenvalue weighted by Gasteiger charge is 2.33. The molecule has 7 heteroatoms. The van der Waals surface area contributed by atoms with Gasteiger partial charge in [-0.2, -0.15) is 13.2 Å². The van der Waals surface area contributed by atoms with E-state index in [4.69, 9.17) is 4.74 Å². The van der Waals surface area contributed by atoms with Crippen molar-refractivity contribution in [2.24, 2.45) is 0 Å². The lowest BCUT2D eigenvalue weighted by atomic mass is 10.0. The van der Waals surface area contributed by atoms with Crippen LogP contribution in [-0.2, 0) is 6.18 Å². The first-order valence-electron chi connectivity index (χ1n) is 7.63. The Morgan fingerprint density at radius 2 is 1.88 bits per heavy atom. The number of methoxy groups -OCH3 is 1. The van der Waals surface area contributed by atoms with E-state index in [2.05, 4.69) is 10.3 Å². The topological polar surface area (TPSA) is 51.2 Å². The van der Waals surface area contributed by atoms with E-state index in [0.717, 1.165) is 23.3 Å². The number of hydrogen-bond acceptors (Lipinski definition) is 3. The number of carbonyl (C=O) groups is 1. The number of alkyl halides is 3. The van der Waals surface area contributed by atoms with Gasteiger partial charge in [0.2, 0.25) is 0 Å². The van der Waals surface area contributed by atoms with Crippen LogP contribution in [0.4, 0.5) is 13.2 Å². The van der Waals surface area contributed by atoms with Gasteiger partial charge in [-0.15, -0.1) is 0 Å². The van der Waals surface area contributed by atoms with E-state index >= 15 is 0 Å². The molecule has 2 rings (SSSR count). The molecule has 0 saturated carbocycles. The number of pyridine rings is 1. The number of amides is 1. The Labute approximate surface area is 144 Å². The van der Waals surface area contributed by atoms with E-state index in [-0.39, 0.29) is 17.3 Å². The average Bonchev–Trinajstić information content (AvgIpc) is 2.53. The van der Waals surface area contributed by atoms with Gasteiger partial charge < -0.3 is 10.1 Å². The summed E-state index contributed by atoms with van der Waals surface area (Å²) in [5, 5.41) is 2.77. The molecule has 0 aliphatic heterocycles. The van der Waals surface area contributed by atoms with Crippen molar-refractivity contribution < 1.29 is 22.7 Å². The minimum atomic E-state index is -4.54. The van der Waals surface area contributed by atoms with Gasteiger partial charge in [0.05, 0.1) is 24.4 Å². The van der Waals surface area contributed by atoms with Crippen LogP contribution >= 0.6 is 0 Å². The maximum Gasteiger partial charge on any atom is 0.433 e. The molecule has 1 atom stereocenters. The molecule has 1 N–H and O–H groups in total. The second-order valence-corrected chi connectivity index (χ2v) is 5.77. The molecule has 0 fully saturated rings. The van der Waals surface area contributed by atoms with Crippen molar-refractivity contribution in [2.75, 3.05) is 7.11 Å². The van der Waals surface area contributed by atoms with Crippen LogP contribution in [-0.4, -0.2) is 18.0 Å². The van der Waals surface area contributed by atoms with Crippen LogP contribution in [0.3, 0.4) is 0 Å². The van der Waals surface area contributed by atoms with Gasteiger partial charge in [0.1, 0.15) is 11.4 Å². The van der Waals surface area contributed by atoms with Gasteiger partial charge in [-0.05, 0) is 39.0 Å². The van der Waals surface area contributed by atoms with E-state index in [0.29, 0.717) is 5.75 Å². The number of nitrogens with one attached hydrogen (secondary N) is 1. The Balaban J connectivity index is 2.24. The molecule has 4 nitrogen and oxygen atoms in total. The lowest BCUT2D eigenvalue weighted by molar-refractivity contribution is -0.141. The quantitative estimate of drug-likeness (QED) is 0.896. The average molecular weight is 352 g/mol. The van der Waals surface area contributed by atoms with Gasteiger partial charge in [0, 0.05) is 5.56 Å². The fourth-order valence-corrected chi connectivity index (χ4v) is 2.50. The highest BCUT2D eigenvalue weighted by Crippen LogP contribution is 2.29. The Bertz CT molecular complexity index is 788. The molecular formula is C18H19F3N2O2. The molecule has 1 amide bonds. The number of rotatable bonds is 4. The standard InChI is InChI=1S/C18H19F3N2O2/c1-10-5-7-15(25-4)14(9-10)12(3)23-17(24)13-6-8-16(18(19,20)21)22-11(13)2/h5-9,12H,1-4H3,(H,23,24). The van der Waals surface area contributed by atoms with Crippen molar-refractivity contribution in [3.63, 3.8) is 0 Å². The molecule has 0 saturated heterocycles. The lowest BCUT2D eigenvalue weighted by Gasteiger charge is -2.18. The van der Waals surface area contributed by atoms with Gasteiger partial charge in [-0.1, -0.05) is 17.7 Å². The first-order valence-corrected chi connectivity index (χ1v) is 7.63. The number of aryl methyl sites for hydroxylation is 2. The number of nitrogens with zero attached hydrogens (tertiary/aromatic N) is 1. The van der Waals surface area contributed by atoms with Gasteiger partial charge in [-0.3, -0.25) is 4.79 Å². The van der Waals surface area contributed by atoms with Crippen LogP contribution in [0.2, 0.25) is 0 Å². The zero-order valence-corrected chi connectivity index (χ0v) is 14.4. The second-order valence-electron chi connectivity index (χ2n) is 5.77. The highest BCUT2D eigenvalue weighted by atomic mass is 19.4. The minimum absolute atomic E-state index is 0.0238. The van der Waals surface area contributed by atoms with Crippen molar-refractivity contribution in [1.82, 2.24) is 10.3 Å². The van der Waals surface area contributed by atoms with Crippen molar-refractivity contribution in [1.29, 1.82) is 0 Å². The van der Waals surface area contributed by atoms with Crippen molar-refractivity contribution >= 4 is 5.91 Å². The van der Waals surface area contributed by atoms with E-state index in [9.17, 15) is 18.0 Å². The molecule has 1 aromatic carbocycles. The van der Waals surface area contributed by atoms with Crippen molar-refractivity contribution in [2.45, 2.75) is 33.0 Å². The number of hydrogen-bond donors (Lipinski definition) is 1. The molecule has 1 aromatic heterocycles. The number of halogens is 3. The van der Waals surface area contributed by atoms with Crippen LogP contribution in [0, 0.1) is 13.8 Å². The highest BCUT2D eigenvalue weighted by molar-refractivity contribution is 5.95. The van der Waals surface area contributed by atoms with Crippen LogP contribution in [0.25, 0.3) is 0 Å². The summed E-state index contributed by atoms with van der Waals surface area (Å²) in [6, 6.07) is 7.14. The largest absolute Gasteiger partial charge is 0.496 e. The molecule has 0 spiro atoms. The SMILES string of the molecule is COc1ccc(C)cc1C(C)NC(=O)c1ccc(C(F)(F)F)nc1C. The number of aromatic nitrogens is 1. The summed E-state index contributed by atoms with van der Waals surface area (Å²) >= 11 is 0. The molecule has 0 aliphatic rings. The molecule has 25 heavy (non-hydrogen) atoms. The van der Waals surface area contributed by atoms with Gasteiger partial charge in [0.25, 0.3) is 5.91 Å². The first kappa shape index (κ1) is 18.8. The van der Waals surface area contributed by atoms with Crippen LogP contribution in [0.15, 0.2) is 30.3 Å². The fourth-order valence-electron chi connectivity index (χ4n) is 2.50. The van der Waals surface area contributed by atoms with E-state index < -0.39 is 17.8 Å². The summed E-state index contributed by atoms with van der Waals surface area (Å²) in [6.07, 6.45) is -4.54. The summed E-state index contributed by atoms with van der Waals surface area (Å²) in [5.74, 6) is 0.135. The molecule has 1 heterocycles. The Kier molecular flexibility index (Phi) is 5.35. The predicted octanol–water partition coefficient (Wildman–Crippen LogP) is 4.22. The maximum absolute atomic E-state index is 12.7. The van der Waals surface area contributed by atoms with Gasteiger partial charge in [0.15, 0.2) is 0 Å². The molecular weight excluding hydrogens is 333 g/mol. The third-order valence-electron chi connectivity index (χ3n) is 3.82. The van der Waals surface area contributed by atoms with Crippen LogP contribution in [0.1, 0.15) is 45.8 Å². The molecule has 0 bridgehead atoms. The summed E-state index contributed by atoms with van der Waals surface area (Å²) < 4.78 is 43.3. The first-order chi connectivity index (χ1) is 11.6. The normalized spacial score (nSPS) is 12.6. The van der Waals surface area contributed by atoms with Crippen molar-refractivity contribution in [3.8, 4) is 5.75 Å². The molecule has 134 valence electrons. The number of carbonyl (C=O) groups excluding carboxylic acids is 1. The zero-order valence-electron chi connectivity index (χ0n) is 14.4. The maximum atomic E-state index is 12.7. The second kappa shape index (κ2) is 7.13. The summed E-state index contributed by atoms with van der Waals surface area (Å²) in [6.45, 7) is 5.07. The number of ether oxygens (including phenoxy) is 1. The third kappa shape index (κ3) is 4.29. The molecule has 0 aliphatic carbocycles. The third-order valence-corrected chi connectivity index (χ3v) is 3.82. The van der Waals surface area contributed by atoms with Crippen LogP contribution in [0.5, 0.6) is 5.75 Å². The fraction of sp³-hybridized carbons (Fsp3) is 0.333. The molecule has 1 unspecified atom stereocenters. The summed E-state index contributed by atoms with van der Waals surface area (Å²) in [7, 11) is 1.53.